The minimum absolute atomic E-state index is 1.08. The lowest BCUT2D eigenvalue weighted by atomic mass is 10.2. The van der Waals surface area contributed by atoms with Crippen molar-refractivity contribution in [2.45, 2.75) is 27.7 Å². The van der Waals surface area contributed by atoms with Gasteiger partial charge in [-0.1, -0.05) is 12.7 Å². The molecule has 11 heavy (non-hydrogen) atoms. The minimum Gasteiger partial charge on any atom is -0.375 e. The summed E-state index contributed by atoms with van der Waals surface area (Å²) in [6.07, 6.45) is 1.91. The molecule has 0 spiro atoms. The Morgan fingerprint density at radius 3 is 2.00 bits per heavy atom. The summed E-state index contributed by atoms with van der Waals surface area (Å²) < 4.78 is 0. The first-order valence-electron chi connectivity index (χ1n) is 4.22. The second-order valence-corrected chi connectivity index (χ2v) is 2.64. The van der Waals surface area contributed by atoms with Crippen LogP contribution in [-0.4, -0.2) is 18.0 Å². The maximum atomic E-state index is 3.75. The molecule has 0 radical (unpaired) electrons. The summed E-state index contributed by atoms with van der Waals surface area (Å²) in [5.41, 5.74) is 2.61. The van der Waals surface area contributed by atoms with E-state index in [9.17, 15) is 0 Å². The van der Waals surface area contributed by atoms with E-state index >= 15 is 0 Å². The van der Waals surface area contributed by atoms with Gasteiger partial charge in [0.25, 0.3) is 0 Å². The molecule has 0 N–H and O–H groups in total. The molecule has 0 aliphatic carbocycles. The molecule has 0 rings (SSSR count). The summed E-state index contributed by atoms with van der Waals surface area (Å²) in [5, 5.41) is 0. The second-order valence-electron chi connectivity index (χ2n) is 2.64. The Bertz CT molecular complexity index is 152. The molecule has 1 nitrogen and oxygen atoms in total. The van der Waals surface area contributed by atoms with Gasteiger partial charge in [-0.2, -0.15) is 0 Å². The Morgan fingerprint density at radius 2 is 1.73 bits per heavy atom. The molecular formula is C10H19N. The maximum Gasteiger partial charge on any atom is 0.0146 e. The third-order valence-electron chi connectivity index (χ3n) is 2.11. The van der Waals surface area contributed by atoms with E-state index in [0.29, 0.717) is 0 Å². The SMILES string of the molecule is C=C/C(C)=C(/C)N(CC)CC. The van der Waals surface area contributed by atoms with Crippen LogP contribution in [0.3, 0.4) is 0 Å². The van der Waals surface area contributed by atoms with Gasteiger partial charge in [0.1, 0.15) is 0 Å². The third kappa shape index (κ3) is 2.79. The Balaban J connectivity index is 4.40. The van der Waals surface area contributed by atoms with E-state index in [1.165, 1.54) is 11.3 Å². The molecule has 1 heteroatoms. The topological polar surface area (TPSA) is 3.24 Å². The van der Waals surface area contributed by atoms with Crippen molar-refractivity contribution in [2.75, 3.05) is 13.1 Å². The highest BCUT2D eigenvalue weighted by Crippen LogP contribution is 2.09. The quantitative estimate of drug-likeness (QED) is 0.561. The first kappa shape index (κ1) is 10.3. The van der Waals surface area contributed by atoms with Crippen LogP contribution in [0.15, 0.2) is 23.9 Å². The van der Waals surface area contributed by atoms with Gasteiger partial charge in [0.15, 0.2) is 0 Å². The lowest BCUT2D eigenvalue weighted by Gasteiger charge is -2.22. The fourth-order valence-electron chi connectivity index (χ4n) is 1.10. The number of rotatable bonds is 4. The summed E-state index contributed by atoms with van der Waals surface area (Å²) in [4.78, 5) is 2.33. The van der Waals surface area contributed by atoms with Crippen LogP contribution in [0.2, 0.25) is 0 Å². The molecule has 0 bridgehead atoms. The van der Waals surface area contributed by atoms with Gasteiger partial charge in [0.05, 0.1) is 0 Å². The first-order valence-corrected chi connectivity index (χ1v) is 4.22. The van der Waals surface area contributed by atoms with E-state index < -0.39 is 0 Å². The second kappa shape index (κ2) is 5.00. The van der Waals surface area contributed by atoms with E-state index in [1.807, 2.05) is 6.08 Å². The van der Waals surface area contributed by atoms with E-state index in [1.54, 1.807) is 0 Å². The van der Waals surface area contributed by atoms with Crippen molar-refractivity contribution in [3.63, 3.8) is 0 Å². The van der Waals surface area contributed by atoms with Gasteiger partial charge in [-0.3, -0.25) is 0 Å². The van der Waals surface area contributed by atoms with Gasteiger partial charge in [-0.15, -0.1) is 0 Å². The molecule has 0 unspecified atom stereocenters. The monoisotopic (exact) mass is 153 g/mol. The van der Waals surface area contributed by atoms with Gasteiger partial charge in [-0.05, 0) is 33.3 Å². The van der Waals surface area contributed by atoms with Crippen LogP contribution >= 0.6 is 0 Å². The summed E-state index contributed by atoms with van der Waals surface area (Å²) in [7, 11) is 0. The van der Waals surface area contributed by atoms with Crippen LogP contribution in [0.1, 0.15) is 27.7 Å². The zero-order valence-electron chi connectivity index (χ0n) is 8.15. The highest BCUT2D eigenvalue weighted by atomic mass is 15.1. The van der Waals surface area contributed by atoms with Crippen LogP contribution in [0, 0.1) is 0 Å². The third-order valence-corrected chi connectivity index (χ3v) is 2.11. The molecule has 0 saturated heterocycles. The Kier molecular flexibility index (Phi) is 4.67. The first-order chi connectivity index (χ1) is 5.17. The predicted molar refractivity (Wildman–Crippen MR) is 51.5 cm³/mol. The van der Waals surface area contributed by atoms with Crippen molar-refractivity contribution < 1.29 is 0 Å². The molecule has 0 heterocycles. The summed E-state index contributed by atoms with van der Waals surface area (Å²) >= 11 is 0. The van der Waals surface area contributed by atoms with Crippen molar-refractivity contribution >= 4 is 0 Å². The van der Waals surface area contributed by atoms with Gasteiger partial charge in [0.2, 0.25) is 0 Å². The van der Waals surface area contributed by atoms with Gasteiger partial charge < -0.3 is 4.90 Å². The average molecular weight is 153 g/mol. The average Bonchev–Trinajstić information content (AvgIpc) is 2.05. The molecular weight excluding hydrogens is 134 g/mol. The highest BCUT2D eigenvalue weighted by molar-refractivity contribution is 5.19. The fraction of sp³-hybridized carbons (Fsp3) is 0.600. The zero-order chi connectivity index (χ0) is 8.85. The Morgan fingerprint density at radius 1 is 1.27 bits per heavy atom. The van der Waals surface area contributed by atoms with E-state index in [0.717, 1.165) is 13.1 Å². The van der Waals surface area contributed by atoms with Crippen LogP contribution in [-0.2, 0) is 0 Å². The normalized spacial score (nSPS) is 12.4. The van der Waals surface area contributed by atoms with Gasteiger partial charge in [0, 0.05) is 18.8 Å². The zero-order valence-corrected chi connectivity index (χ0v) is 8.15. The number of hydrogen-bond donors (Lipinski definition) is 0. The smallest absolute Gasteiger partial charge is 0.0146 e. The molecule has 0 aromatic rings. The van der Waals surface area contributed by atoms with Crippen molar-refractivity contribution in [3.05, 3.63) is 23.9 Å². The molecule has 0 aromatic carbocycles. The Labute approximate surface area is 70.4 Å². The van der Waals surface area contributed by atoms with Crippen molar-refractivity contribution in [3.8, 4) is 0 Å². The molecule has 0 fully saturated rings. The summed E-state index contributed by atoms with van der Waals surface area (Å²) in [6.45, 7) is 14.5. The fourth-order valence-corrected chi connectivity index (χ4v) is 1.10. The summed E-state index contributed by atoms with van der Waals surface area (Å²) in [6, 6.07) is 0. The van der Waals surface area contributed by atoms with E-state index in [-0.39, 0.29) is 0 Å². The largest absolute Gasteiger partial charge is 0.375 e. The number of hydrogen-bond acceptors (Lipinski definition) is 1. The van der Waals surface area contributed by atoms with Crippen molar-refractivity contribution in [2.24, 2.45) is 0 Å². The molecule has 0 aromatic heterocycles. The Hall–Kier alpha value is -0.720. The maximum absolute atomic E-state index is 3.75. The van der Waals surface area contributed by atoms with Crippen LogP contribution in [0.4, 0.5) is 0 Å². The standard InChI is InChI=1S/C10H19N/c1-6-9(4)10(5)11(7-2)8-3/h6H,1,7-8H2,2-5H3/b10-9-. The number of nitrogens with zero attached hydrogens (tertiary/aromatic N) is 1. The molecule has 64 valence electrons. The minimum atomic E-state index is 1.08. The van der Waals surface area contributed by atoms with Gasteiger partial charge >= 0.3 is 0 Å². The predicted octanol–water partition coefficient (Wildman–Crippen LogP) is 2.81. The van der Waals surface area contributed by atoms with Crippen molar-refractivity contribution in [1.82, 2.24) is 4.90 Å². The lowest BCUT2D eigenvalue weighted by molar-refractivity contribution is 0.380. The van der Waals surface area contributed by atoms with Gasteiger partial charge in [-0.25, -0.2) is 0 Å². The van der Waals surface area contributed by atoms with Crippen molar-refractivity contribution in [1.29, 1.82) is 0 Å². The highest BCUT2D eigenvalue weighted by Gasteiger charge is 2.00. The lowest BCUT2D eigenvalue weighted by Crippen LogP contribution is -2.21. The molecule has 0 saturated carbocycles. The van der Waals surface area contributed by atoms with E-state index in [4.69, 9.17) is 0 Å². The van der Waals surface area contributed by atoms with Crippen LogP contribution < -0.4 is 0 Å². The van der Waals surface area contributed by atoms with Crippen LogP contribution in [0.5, 0.6) is 0 Å². The number of allylic oxidation sites excluding steroid dienone is 3. The van der Waals surface area contributed by atoms with E-state index in [2.05, 4.69) is 39.2 Å². The van der Waals surface area contributed by atoms with Crippen LogP contribution in [0.25, 0.3) is 0 Å². The molecule has 0 aliphatic heterocycles. The molecule has 0 aliphatic rings. The molecule has 0 atom stereocenters. The summed E-state index contributed by atoms with van der Waals surface area (Å²) in [5.74, 6) is 0. The molecule has 0 amide bonds.